The van der Waals surface area contributed by atoms with Crippen LogP contribution < -0.4 is 4.72 Å². The number of aromatic carboxylic acids is 1. The molecule has 0 fully saturated rings. The zero-order valence-electron chi connectivity index (χ0n) is 13.7. The van der Waals surface area contributed by atoms with Crippen molar-refractivity contribution in [3.8, 4) is 11.3 Å². The highest BCUT2D eigenvalue weighted by molar-refractivity contribution is 7.94. The van der Waals surface area contributed by atoms with E-state index in [4.69, 9.17) is 4.42 Å². The van der Waals surface area contributed by atoms with Gasteiger partial charge in [0.15, 0.2) is 0 Å². The molecule has 6 nitrogen and oxygen atoms in total. The maximum Gasteiger partial charge on any atom is 0.340 e. The second-order valence-electron chi connectivity index (χ2n) is 5.73. The van der Waals surface area contributed by atoms with Gasteiger partial charge in [-0.2, -0.15) is 0 Å². The van der Waals surface area contributed by atoms with Crippen LogP contribution in [0.4, 0.5) is 5.69 Å². The summed E-state index contributed by atoms with van der Waals surface area (Å²) in [5, 5.41) is 11.7. The second-order valence-corrected chi connectivity index (χ2v) is 8.58. The highest BCUT2D eigenvalue weighted by Crippen LogP contribution is 2.35. The van der Waals surface area contributed by atoms with Crippen LogP contribution in [0.1, 0.15) is 10.4 Å². The summed E-state index contributed by atoms with van der Waals surface area (Å²) < 4.78 is 33.2. The van der Waals surface area contributed by atoms with Crippen molar-refractivity contribution >= 4 is 44.0 Å². The van der Waals surface area contributed by atoms with Gasteiger partial charge in [-0.15, -0.1) is 11.3 Å². The van der Waals surface area contributed by atoms with Gasteiger partial charge >= 0.3 is 5.97 Å². The van der Waals surface area contributed by atoms with E-state index in [1.54, 1.807) is 41.8 Å². The summed E-state index contributed by atoms with van der Waals surface area (Å²) in [7, 11) is -3.73. The first-order valence-electron chi connectivity index (χ1n) is 7.87. The van der Waals surface area contributed by atoms with Crippen LogP contribution in [0, 0.1) is 0 Å². The Morgan fingerprint density at radius 2 is 1.81 bits per heavy atom. The van der Waals surface area contributed by atoms with E-state index in [9.17, 15) is 18.3 Å². The summed E-state index contributed by atoms with van der Waals surface area (Å²) in [6.07, 6.45) is 0. The second kappa shape index (κ2) is 6.57. The molecule has 0 aliphatic carbocycles. The lowest BCUT2D eigenvalue weighted by Crippen LogP contribution is -2.11. The molecule has 2 aromatic heterocycles. The summed E-state index contributed by atoms with van der Waals surface area (Å²) in [5.41, 5.74) is 1.25. The minimum Gasteiger partial charge on any atom is -0.478 e. The molecule has 0 saturated carbocycles. The Morgan fingerprint density at radius 3 is 2.48 bits per heavy atom. The third-order valence-electron chi connectivity index (χ3n) is 3.95. The molecule has 0 saturated heterocycles. The molecule has 0 atom stereocenters. The number of carbonyl (C=O) groups is 1. The van der Waals surface area contributed by atoms with Crippen LogP contribution in [-0.2, 0) is 10.0 Å². The third-order valence-corrected chi connectivity index (χ3v) is 6.73. The van der Waals surface area contributed by atoms with Crippen molar-refractivity contribution in [2.45, 2.75) is 4.21 Å². The van der Waals surface area contributed by atoms with Crippen molar-refractivity contribution < 1.29 is 22.7 Å². The number of thiophene rings is 1. The van der Waals surface area contributed by atoms with Gasteiger partial charge in [0.1, 0.15) is 21.1 Å². The smallest absolute Gasteiger partial charge is 0.340 e. The number of furan rings is 1. The van der Waals surface area contributed by atoms with Crippen LogP contribution >= 0.6 is 11.3 Å². The first kappa shape index (κ1) is 17.3. The molecule has 2 heterocycles. The number of carboxylic acid groups (broad SMARTS) is 1. The number of hydrogen-bond acceptors (Lipinski definition) is 5. The lowest BCUT2D eigenvalue weighted by molar-refractivity contribution is 0.0699. The number of rotatable bonds is 5. The molecule has 0 spiro atoms. The molecule has 2 N–H and O–H groups in total. The monoisotopic (exact) mass is 399 g/mol. The first-order valence-corrected chi connectivity index (χ1v) is 10.2. The van der Waals surface area contributed by atoms with Crippen LogP contribution in [-0.4, -0.2) is 19.5 Å². The first-order chi connectivity index (χ1) is 13.0. The lowest BCUT2D eigenvalue weighted by atomic mass is 10.1. The van der Waals surface area contributed by atoms with Crippen LogP contribution in [0.2, 0.25) is 0 Å². The standard InChI is InChI=1S/C19H13NO5S2/c21-19(22)17-14-11-13(20-27(23,24)16-7-4-10-26-16)8-9-15(14)25-18(17)12-5-2-1-3-6-12/h1-11,20H,(H,21,22). The molecule has 27 heavy (non-hydrogen) atoms. The van der Waals surface area contributed by atoms with Gasteiger partial charge in [0.25, 0.3) is 10.0 Å². The van der Waals surface area contributed by atoms with Gasteiger partial charge in [0, 0.05) is 16.6 Å². The molecule has 136 valence electrons. The van der Waals surface area contributed by atoms with Crippen molar-refractivity contribution in [2.75, 3.05) is 4.72 Å². The van der Waals surface area contributed by atoms with Crippen LogP contribution in [0.3, 0.4) is 0 Å². The Balaban J connectivity index is 1.83. The van der Waals surface area contributed by atoms with E-state index >= 15 is 0 Å². The Hall–Kier alpha value is -3.10. The normalized spacial score (nSPS) is 11.6. The molecule has 0 unspecified atom stereocenters. The van der Waals surface area contributed by atoms with Crippen molar-refractivity contribution in [2.24, 2.45) is 0 Å². The highest BCUT2D eigenvalue weighted by atomic mass is 32.2. The molecule has 0 aliphatic heterocycles. The number of nitrogens with one attached hydrogen (secondary N) is 1. The number of fused-ring (bicyclic) bond motifs is 1. The number of hydrogen-bond donors (Lipinski definition) is 2. The van der Waals surface area contributed by atoms with Crippen molar-refractivity contribution in [1.29, 1.82) is 0 Å². The zero-order chi connectivity index (χ0) is 19.0. The Morgan fingerprint density at radius 1 is 1.04 bits per heavy atom. The van der Waals surface area contributed by atoms with Gasteiger partial charge in [0.2, 0.25) is 0 Å². The number of anilines is 1. The molecule has 0 radical (unpaired) electrons. The summed E-state index contributed by atoms with van der Waals surface area (Å²) >= 11 is 1.10. The number of benzene rings is 2. The molecule has 0 amide bonds. The average Bonchev–Trinajstić information content (AvgIpc) is 3.30. The van der Waals surface area contributed by atoms with E-state index in [-0.39, 0.29) is 21.2 Å². The van der Waals surface area contributed by atoms with Crippen molar-refractivity contribution in [3.05, 3.63) is 71.6 Å². The highest BCUT2D eigenvalue weighted by Gasteiger charge is 2.23. The molecule has 0 bridgehead atoms. The molecule has 0 aliphatic rings. The Labute approximate surface area is 158 Å². The summed E-state index contributed by atoms with van der Waals surface area (Å²) in [6.45, 7) is 0. The van der Waals surface area contributed by atoms with Gasteiger partial charge in [0.05, 0.1) is 0 Å². The van der Waals surface area contributed by atoms with Crippen LogP contribution in [0.5, 0.6) is 0 Å². The fraction of sp³-hybridized carbons (Fsp3) is 0. The average molecular weight is 399 g/mol. The Kier molecular flexibility index (Phi) is 4.21. The van der Waals surface area contributed by atoms with Crippen LogP contribution in [0.25, 0.3) is 22.3 Å². The molecule has 4 rings (SSSR count). The van der Waals surface area contributed by atoms with E-state index in [1.165, 1.54) is 18.2 Å². The minimum atomic E-state index is -3.73. The Bertz CT molecular complexity index is 1230. The van der Waals surface area contributed by atoms with E-state index in [0.29, 0.717) is 16.5 Å². The summed E-state index contributed by atoms with van der Waals surface area (Å²) in [4.78, 5) is 11.9. The fourth-order valence-electron chi connectivity index (χ4n) is 2.79. The van der Waals surface area contributed by atoms with E-state index in [0.717, 1.165) is 11.3 Å². The zero-order valence-corrected chi connectivity index (χ0v) is 15.4. The minimum absolute atomic E-state index is 0.00614. The number of carboxylic acids is 1. The third kappa shape index (κ3) is 3.20. The largest absolute Gasteiger partial charge is 0.478 e. The lowest BCUT2D eigenvalue weighted by Gasteiger charge is -2.06. The number of sulfonamides is 1. The van der Waals surface area contributed by atoms with E-state index in [1.807, 2.05) is 6.07 Å². The van der Waals surface area contributed by atoms with E-state index in [2.05, 4.69) is 4.72 Å². The van der Waals surface area contributed by atoms with Gasteiger partial charge < -0.3 is 9.52 Å². The molecular weight excluding hydrogens is 386 g/mol. The van der Waals surface area contributed by atoms with Crippen molar-refractivity contribution in [1.82, 2.24) is 0 Å². The molecular formula is C19H13NO5S2. The maximum atomic E-state index is 12.4. The summed E-state index contributed by atoms with van der Waals surface area (Å²) in [6, 6.07) is 16.6. The van der Waals surface area contributed by atoms with Crippen LogP contribution in [0.15, 0.2) is 74.7 Å². The fourth-order valence-corrected chi connectivity index (χ4v) is 4.83. The molecule has 4 aromatic rings. The van der Waals surface area contributed by atoms with Gasteiger partial charge in [-0.25, -0.2) is 13.2 Å². The van der Waals surface area contributed by atoms with E-state index < -0.39 is 16.0 Å². The predicted molar refractivity (Wildman–Crippen MR) is 104 cm³/mol. The van der Waals surface area contributed by atoms with Crippen molar-refractivity contribution in [3.63, 3.8) is 0 Å². The predicted octanol–water partition coefficient (Wildman–Crippen LogP) is 4.66. The van der Waals surface area contributed by atoms with Gasteiger partial charge in [-0.1, -0.05) is 36.4 Å². The van der Waals surface area contributed by atoms with Gasteiger partial charge in [-0.3, -0.25) is 4.72 Å². The van der Waals surface area contributed by atoms with Gasteiger partial charge in [-0.05, 0) is 29.6 Å². The summed E-state index contributed by atoms with van der Waals surface area (Å²) in [5.74, 6) is -0.915. The quantitative estimate of drug-likeness (QED) is 0.509. The topological polar surface area (TPSA) is 96.6 Å². The molecule has 8 heteroatoms. The SMILES string of the molecule is O=C(O)c1c(-c2ccccc2)oc2ccc(NS(=O)(=O)c3cccs3)cc12. The maximum absolute atomic E-state index is 12.4. The molecule has 2 aromatic carbocycles.